The number of benzene rings is 2. The van der Waals surface area contributed by atoms with Gasteiger partial charge in [-0.3, -0.25) is 14.4 Å². The minimum atomic E-state index is -1.09. The number of carbonyl (C=O) groups excluding carboxylic acids is 2. The average Bonchev–Trinajstić information content (AvgIpc) is 2.54. The standard InChI is InChI=1S/C18H18N2O4/c1-12-6-8-13(9-7-12)17(23)19-15-5-3-4-14(10-15)18(24)20(2)11-16(21)22/h3-10H,11H2,1-2H3,(H,19,23)(H,21,22). The van der Waals surface area contributed by atoms with Crippen LogP contribution in [0.3, 0.4) is 0 Å². The molecule has 2 rings (SSSR count). The maximum absolute atomic E-state index is 12.2. The average molecular weight is 326 g/mol. The summed E-state index contributed by atoms with van der Waals surface area (Å²) in [6, 6.07) is 13.5. The zero-order chi connectivity index (χ0) is 17.7. The molecule has 0 aliphatic rings. The highest BCUT2D eigenvalue weighted by molar-refractivity contribution is 6.05. The van der Waals surface area contributed by atoms with Gasteiger partial charge in [0.15, 0.2) is 0 Å². The highest BCUT2D eigenvalue weighted by Gasteiger charge is 2.15. The lowest BCUT2D eigenvalue weighted by molar-refractivity contribution is -0.137. The molecule has 0 heterocycles. The van der Waals surface area contributed by atoms with Crippen LogP contribution in [0.2, 0.25) is 0 Å². The Labute approximate surface area is 139 Å². The first-order valence-corrected chi connectivity index (χ1v) is 7.32. The Bertz CT molecular complexity index is 769. The summed E-state index contributed by atoms with van der Waals surface area (Å²) in [7, 11) is 1.41. The molecule has 0 aromatic heterocycles. The van der Waals surface area contributed by atoms with Gasteiger partial charge in [-0.15, -0.1) is 0 Å². The first kappa shape index (κ1) is 17.2. The summed E-state index contributed by atoms with van der Waals surface area (Å²) in [5, 5.41) is 11.5. The Balaban J connectivity index is 2.12. The van der Waals surface area contributed by atoms with E-state index in [2.05, 4.69) is 5.32 Å². The molecule has 0 fully saturated rings. The molecule has 124 valence electrons. The number of aliphatic carboxylic acids is 1. The number of rotatable bonds is 5. The normalized spacial score (nSPS) is 10.1. The minimum Gasteiger partial charge on any atom is -0.480 e. The van der Waals surface area contributed by atoms with Crippen LogP contribution in [0.4, 0.5) is 5.69 Å². The summed E-state index contributed by atoms with van der Waals surface area (Å²) in [6.45, 7) is 1.54. The monoisotopic (exact) mass is 326 g/mol. The number of likely N-dealkylation sites (N-methyl/N-ethyl adjacent to an activating group) is 1. The molecule has 0 spiro atoms. The second-order valence-corrected chi connectivity index (χ2v) is 5.46. The minimum absolute atomic E-state index is 0.279. The molecule has 2 aromatic rings. The number of nitrogens with one attached hydrogen (secondary N) is 1. The Hall–Kier alpha value is -3.15. The predicted molar refractivity (Wildman–Crippen MR) is 90.2 cm³/mol. The molecule has 0 saturated carbocycles. The summed E-state index contributed by atoms with van der Waals surface area (Å²) in [5.41, 5.74) is 2.34. The molecule has 2 amide bonds. The van der Waals surface area contributed by atoms with Gasteiger partial charge in [-0.05, 0) is 37.3 Å². The zero-order valence-corrected chi connectivity index (χ0v) is 13.4. The summed E-state index contributed by atoms with van der Waals surface area (Å²) in [5.74, 6) is -1.79. The second kappa shape index (κ2) is 7.41. The summed E-state index contributed by atoms with van der Waals surface area (Å²) in [4.78, 5) is 36.2. The molecule has 0 radical (unpaired) electrons. The topological polar surface area (TPSA) is 86.7 Å². The van der Waals surface area contributed by atoms with E-state index in [4.69, 9.17) is 5.11 Å². The van der Waals surface area contributed by atoms with Gasteiger partial charge in [-0.25, -0.2) is 0 Å². The third-order valence-corrected chi connectivity index (χ3v) is 3.40. The van der Waals surface area contributed by atoms with Crippen LogP contribution in [0.5, 0.6) is 0 Å². The van der Waals surface area contributed by atoms with Crippen LogP contribution in [-0.2, 0) is 4.79 Å². The van der Waals surface area contributed by atoms with Gasteiger partial charge >= 0.3 is 5.97 Å². The highest BCUT2D eigenvalue weighted by atomic mass is 16.4. The van der Waals surface area contributed by atoms with Crippen LogP contribution in [0.25, 0.3) is 0 Å². The molecule has 0 aliphatic carbocycles. The summed E-state index contributed by atoms with van der Waals surface area (Å²) in [6.07, 6.45) is 0. The van der Waals surface area contributed by atoms with Gasteiger partial charge in [0, 0.05) is 23.9 Å². The molecule has 0 aliphatic heterocycles. The van der Waals surface area contributed by atoms with Crippen molar-refractivity contribution in [3.63, 3.8) is 0 Å². The van der Waals surface area contributed by atoms with Crippen LogP contribution in [-0.4, -0.2) is 41.4 Å². The van der Waals surface area contributed by atoms with Gasteiger partial charge < -0.3 is 15.3 Å². The molecule has 6 nitrogen and oxygen atoms in total. The number of amides is 2. The fourth-order valence-electron chi connectivity index (χ4n) is 2.13. The fourth-order valence-corrected chi connectivity index (χ4v) is 2.13. The number of carboxylic acids is 1. The lowest BCUT2D eigenvalue weighted by Gasteiger charge is -2.15. The van der Waals surface area contributed by atoms with Crippen LogP contribution in [0.1, 0.15) is 26.3 Å². The molecule has 0 bridgehead atoms. The van der Waals surface area contributed by atoms with Gasteiger partial charge in [-0.2, -0.15) is 0 Å². The number of carbonyl (C=O) groups is 3. The molecule has 6 heteroatoms. The second-order valence-electron chi connectivity index (χ2n) is 5.46. The Morgan fingerprint density at radius 1 is 1.04 bits per heavy atom. The summed E-state index contributed by atoms with van der Waals surface area (Å²) >= 11 is 0. The Morgan fingerprint density at radius 2 is 1.71 bits per heavy atom. The molecule has 2 aromatic carbocycles. The van der Waals surface area contributed by atoms with E-state index in [1.54, 1.807) is 30.3 Å². The van der Waals surface area contributed by atoms with E-state index in [1.807, 2.05) is 19.1 Å². The quantitative estimate of drug-likeness (QED) is 0.883. The van der Waals surface area contributed by atoms with E-state index in [0.29, 0.717) is 16.8 Å². The number of hydrogen-bond acceptors (Lipinski definition) is 3. The molecule has 2 N–H and O–H groups in total. The molecule has 0 unspecified atom stereocenters. The SMILES string of the molecule is Cc1ccc(C(=O)Nc2cccc(C(=O)N(C)CC(=O)O)c2)cc1. The van der Waals surface area contributed by atoms with E-state index in [0.717, 1.165) is 10.5 Å². The maximum Gasteiger partial charge on any atom is 0.323 e. The van der Waals surface area contributed by atoms with Crippen molar-refractivity contribution in [1.29, 1.82) is 0 Å². The number of aryl methyl sites for hydroxylation is 1. The number of nitrogens with zero attached hydrogens (tertiary/aromatic N) is 1. The van der Waals surface area contributed by atoms with Crippen molar-refractivity contribution in [3.05, 3.63) is 65.2 Å². The predicted octanol–water partition coefficient (Wildman–Crippen LogP) is 2.40. The molecule has 0 saturated heterocycles. The van der Waals surface area contributed by atoms with E-state index >= 15 is 0 Å². The first-order valence-electron chi connectivity index (χ1n) is 7.32. The van der Waals surface area contributed by atoms with Crippen LogP contribution in [0, 0.1) is 6.92 Å². The third-order valence-electron chi connectivity index (χ3n) is 3.40. The van der Waals surface area contributed by atoms with Crippen LogP contribution < -0.4 is 5.32 Å². The van der Waals surface area contributed by atoms with Crippen molar-refractivity contribution in [1.82, 2.24) is 4.90 Å². The van der Waals surface area contributed by atoms with Crippen molar-refractivity contribution >= 4 is 23.5 Å². The number of carboxylic acid groups (broad SMARTS) is 1. The van der Waals surface area contributed by atoms with Crippen molar-refractivity contribution in [2.45, 2.75) is 6.92 Å². The van der Waals surface area contributed by atoms with E-state index in [1.165, 1.54) is 13.1 Å². The number of anilines is 1. The van der Waals surface area contributed by atoms with E-state index in [-0.39, 0.29) is 5.91 Å². The number of hydrogen-bond donors (Lipinski definition) is 2. The maximum atomic E-state index is 12.2. The fraction of sp³-hybridized carbons (Fsp3) is 0.167. The van der Waals surface area contributed by atoms with Gasteiger partial charge in [0.2, 0.25) is 0 Å². The van der Waals surface area contributed by atoms with Crippen molar-refractivity contribution in [2.75, 3.05) is 18.9 Å². The summed E-state index contributed by atoms with van der Waals surface area (Å²) < 4.78 is 0. The van der Waals surface area contributed by atoms with Gasteiger partial charge in [0.25, 0.3) is 11.8 Å². The molecule has 24 heavy (non-hydrogen) atoms. The van der Waals surface area contributed by atoms with E-state index in [9.17, 15) is 14.4 Å². The third kappa shape index (κ3) is 4.42. The van der Waals surface area contributed by atoms with Gasteiger partial charge in [0.05, 0.1) is 0 Å². The molecular weight excluding hydrogens is 308 g/mol. The van der Waals surface area contributed by atoms with Crippen molar-refractivity contribution < 1.29 is 19.5 Å². The Kier molecular flexibility index (Phi) is 5.31. The first-order chi connectivity index (χ1) is 11.4. The zero-order valence-electron chi connectivity index (χ0n) is 13.4. The Morgan fingerprint density at radius 3 is 2.33 bits per heavy atom. The lowest BCUT2D eigenvalue weighted by atomic mass is 10.1. The van der Waals surface area contributed by atoms with Crippen LogP contribution in [0.15, 0.2) is 48.5 Å². The largest absolute Gasteiger partial charge is 0.480 e. The van der Waals surface area contributed by atoms with Crippen LogP contribution >= 0.6 is 0 Å². The highest BCUT2D eigenvalue weighted by Crippen LogP contribution is 2.14. The van der Waals surface area contributed by atoms with Crippen molar-refractivity contribution in [3.8, 4) is 0 Å². The lowest BCUT2D eigenvalue weighted by Crippen LogP contribution is -2.31. The van der Waals surface area contributed by atoms with Crippen molar-refractivity contribution in [2.24, 2.45) is 0 Å². The van der Waals surface area contributed by atoms with Gasteiger partial charge in [-0.1, -0.05) is 23.8 Å². The molecular formula is C18H18N2O4. The molecule has 0 atom stereocenters. The van der Waals surface area contributed by atoms with E-state index < -0.39 is 18.4 Å². The smallest absolute Gasteiger partial charge is 0.323 e. The van der Waals surface area contributed by atoms with Gasteiger partial charge in [0.1, 0.15) is 6.54 Å².